The lowest BCUT2D eigenvalue weighted by atomic mass is 9.89. The minimum absolute atomic E-state index is 0.0593. The summed E-state index contributed by atoms with van der Waals surface area (Å²) in [6.45, 7) is 5.54. The quantitative estimate of drug-likeness (QED) is 0.498. The molecule has 0 unspecified atom stereocenters. The predicted molar refractivity (Wildman–Crippen MR) is 124 cm³/mol. The number of aliphatic hydroxyl groups excluding tert-OH is 1. The Bertz CT molecular complexity index is 1360. The zero-order chi connectivity index (χ0) is 23.8. The van der Waals surface area contributed by atoms with Crippen molar-refractivity contribution in [3.05, 3.63) is 71.3 Å². The van der Waals surface area contributed by atoms with Crippen LogP contribution in [0.1, 0.15) is 22.3 Å². The summed E-state index contributed by atoms with van der Waals surface area (Å²) in [5, 5.41) is 33.6. The number of aromatic hydroxyl groups is 1. The lowest BCUT2D eigenvalue weighted by molar-refractivity contribution is -0.0779. The largest absolute Gasteiger partial charge is 0.507 e. The normalized spacial score (nSPS) is 24.8. The highest BCUT2D eigenvalue weighted by atomic mass is 16.6. The van der Waals surface area contributed by atoms with Gasteiger partial charge in [-0.1, -0.05) is 42.4 Å². The van der Waals surface area contributed by atoms with Crippen LogP contribution >= 0.6 is 0 Å². The maximum atomic E-state index is 13.2. The molecule has 0 radical (unpaired) electrons. The third-order valence-electron chi connectivity index (χ3n) is 5.82. The molecule has 6 nitrogen and oxygen atoms in total. The molecule has 2 aromatic carbocycles. The van der Waals surface area contributed by atoms with Crippen LogP contribution in [0.2, 0.25) is 0 Å². The molecule has 0 saturated heterocycles. The van der Waals surface area contributed by atoms with Crippen LogP contribution in [-0.2, 0) is 4.74 Å². The van der Waals surface area contributed by atoms with Gasteiger partial charge in [-0.3, -0.25) is 0 Å². The Kier molecular flexibility index (Phi) is 5.74. The number of benzene rings is 2. The van der Waals surface area contributed by atoms with E-state index in [4.69, 9.17) is 9.47 Å². The first-order valence-corrected chi connectivity index (χ1v) is 10.3. The number of methoxy groups -OCH3 is 1. The standard InChI is InChI=1S/C27H22O6/c1-4-17-7-5-6-12-27(31)18(9-8-17)14-23(25(27)29)33-26(30)24-21-15-19(32-3)13-16(2)20(21)10-11-22(24)28/h4,7,10-11,13-15,23,25,28-29,31H,1,12H2,2-3H3/b17-7-/t23-,25+,27+/m1/s1. The third-order valence-corrected chi connectivity index (χ3v) is 5.82. The first-order valence-electron chi connectivity index (χ1n) is 10.3. The number of hydrogen-bond acceptors (Lipinski definition) is 6. The minimum atomic E-state index is -1.80. The van der Waals surface area contributed by atoms with Crippen molar-refractivity contribution in [3.63, 3.8) is 0 Å². The van der Waals surface area contributed by atoms with Crippen molar-refractivity contribution >= 4 is 16.7 Å². The maximum absolute atomic E-state index is 13.2. The van der Waals surface area contributed by atoms with Crippen LogP contribution in [0.4, 0.5) is 0 Å². The fraction of sp³-hybridized carbons (Fsp3) is 0.222. The van der Waals surface area contributed by atoms with Gasteiger partial charge in [0.2, 0.25) is 0 Å². The second kappa shape index (κ2) is 8.52. The molecule has 0 bridgehead atoms. The van der Waals surface area contributed by atoms with E-state index in [2.05, 4.69) is 30.3 Å². The molecular formula is C27H22O6. The van der Waals surface area contributed by atoms with Crippen molar-refractivity contribution in [3.8, 4) is 35.2 Å². The summed E-state index contributed by atoms with van der Waals surface area (Å²) in [6.07, 6.45) is 1.75. The molecule has 4 rings (SSSR count). The van der Waals surface area contributed by atoms with Gasteiger partial charge in [-0.2, -0.15) is 0 Å². The number of aliphatic hydroxyl groups is 2. The topological polar surface area (TPSA) is 96.2 Å². The van der Waals surface area contributed by atoms with Gasteiger partial charge in [0, 0.05) is 29.0 Å². The second-order valence-corrected chi connectivity index (χ2v) is 7.87. The maximum Gasteiger partial charge on any atom is 0.343 e. The van der Waals surface area contributed by atoms with E-state index >= 15 is 0 Å². The molecule has 2 aliphatic carbocycles. The van der Waals surface area contributed by atoms with Crippen LogP contribution in [0, 0.1) is 30.6 Å². The monoisotopic (exact) mass is 442 g/mol. The number of phenolic OH excluding ortho intramolecular Hbond substituents is 1. The Labute approximate surface area is 191 Å². The number of fused-ring (bicyclic) bond motifs is 2. The number of rotatable bonds is 4. The van der Waals surface area contributed by atoms with Gasteiger partial charge in [0.15, 0.2) is 6.10 Å². The summed E-state index contributed by atoms with van der Waals surface area (Å²) in [5.41, 5.74) is -0.235. The molecule has 0 fully saturated rings. The van der Waals surface area contributed by atoms with Crippen molar-refractivity contribution in [2.75, 3.05) is 7.11 Å². The summed E-state index contributed by atoms with van der Waals surface area (Å²) in [7, 11) is 1.51. The Balaban J connectivity index is 1.73. The highest BCUT2D eigenvalue weighted by Crippen LogP contribution is 2.37. The lowest BCUT2D eigenvalue weighted by Crippen LogP contribution is -2.45. The van der Waals surface area contributed by atoms with Crippen molar-refractivity contribution in [2.24, 2.45) is 0 Å². The van der Waals surface area contributed by atoms with E-state index in [1.54, 1.807) is 18.2 Å². The molecule has 2 aromatic rings. The number of esters is 1. The zero-order valence-electron chi connectivity index (χ0n) is 18.2. The Morgan fingerprint density at radius 3 is 2.79 bits per heavy atom. The van der Waals surface area contributed by atoms with Crippen molar-refractivity contribution < 1.29 is 29.6 Å². The van der Waals surface area contributed by atoms with E-state index in [0.717, 1.165) is 10.9 Å². The molecule has 3 N–H and O–H groups in total. The number of allylic oxidation sites excluding steroid dienone is 3. The Morgan fingerprint density at radius 2 is 2.06 bits per heavy atom. The average molecular weight is 442 g/mol. The zero-order valence-corrected chi connectivity index (χ0v) is 18.2. The molecule has 0 spiro atoms. The highest BCUT2D eigenvalue weighted by Gasteiger charge is 2.49. The second-order valence-electron chi connectivity index (χ2n) is 7.87. The first-order chi connectivity index (χ1) is 15.8. The molecule has 3 atom stereocenters. The Hall–Kier alpha value is -3.97. The molecule has 2 aliphatic rings. The molecule has 33 heavy (non-hydrogen) atoms. The van der Waals surface area contributed by atoms with Gasteiger partial charge < -0.3 is 24.8 Å². The highest BCUT2D eigenvalue weighted by molar-refractivity contribution is 6.08. The fourth-order valence-corrected chi connectivity index (χ4v) is 3.97. The number of hydrogen-bond donors (Lipinski definition) is 3. The van der Waals surface area contributed by atoms with E-state index in [-0.39, 0.29) is 23.3 Å². The third kappa shape index (κ3) is 3.87. The molecule has 0 aromatic heterocycles. The summed E-state index contributed by atoms with van der Waals surface area (Å²) in [6, 6.07) is 6.57. The number of aryl methyl sites for hydroxylation is 1. The number of phenols is 1. The molecule has 0 saturated carbocycles. The van der Waals surface area contributed by atoms with Crippen LogP contribution in [0.15, 0.2) is 60.2 Å². The average Bonchev–Trinajstić information content (AvgIpc) is 3.06. The summed E-state index contributed by atoms with van der Waals surface area (Å²) >= 11 is 0. The van der Waals surface area contributed by atoms with E-state index in [0.29, 0.717) is 16.7 Å². The molecular weight excluding hydrogens is 420 g/mol. The van der Waals surface area contributed by atoms with Gasteiger partial charge in [0.05, 0.1) is 7.11 Å². The number of carbonyl (C=O) groups excluding carboxylic acids is 1. The van der Waals surface area contributed by atoms with E-state index in [1.165, 1.54) is 25.3 Å². The molecule has 0 aliphatic heterocycles. The van der Waals surface area contributed by atoms with Crippen LogP contribution in [-0.4, -0.2) is 46.2 Å². The molecule has 0 amide bonds. The van der Waals surface area contributed by atoms with Crippen LogP contribution < -0.4 is 4.74 Å². The van der Waals surface area contributed by atoms with Gasteiger partial charge in [-0.05, 0) is 42.1 Å². The van der Waals surface area contributed by atoms with E-state index in [9.17, 15) is 20.1 Å². The van der Waals surface area contributed by atoms with Crippen LogP contribution in [0.25, 0.3) is 10.8 Å². The molecule has 166 valence electrons. The van der Waals surface area contributed by atoms with Crippen LogP contribution in [0.5, 0.6) is 11.5 Å². The molecule has 6 heteroatoms. The number of ether oxygens (including phenoxy) is 2. The van der Waals surface area contributed by atoms with Gasteiger partial charge in [-0.25, -0.2) is 4.79 Å². The predicted octanol–water partition coefficient (Wildman–Crippen LogP) is 2.94. The Morgan fingerprint density at radius 1 is 1.27 bits per heavy atom. The van der Waals surface area contributed by atoms with Gasteiger partial charge in [0.1, 0.15) is 28.8 Å². The smallest absolute Gasteiger partial charge is 0.343 e. The summed E-state index contributed by atoms with van der Waals surface area (Å²) in [5.74, 6) is 10.6. The number of carbonyl (C=O) groups is 1. The van der Waals surface area contributed by atoms with Crippen LogP contribution in [0.3, 0.4) is 0 Å². The van der Waals surface area contributed by atoms with Crippen molar-refractivity contribution in [1.29, 1.82) is 0 Å². The summed E-state index contributed by atoms with van der Waals surface area (Å²) < 4.78 is 10.9. The SMILES string of the molecule is C=C/C1=C/C#CC[C@]2(O)C(=C[C@@H](OC(=O)c3c(O)ccc4c(C)cc(OC)cc34)[C@@H]2O)C#C1. The van der Waals surface area contributed by atoms with Gasteiger partial charge >= 0.3 is 5.97 Å². The van der Waals surface area contributed by atoms with E-state index in [1.807, 2.05) is 13.0 Å². The van der Waals surface area contributed by atoms with Crippen molar-refractivity contribution in [1.82, 2.24) is 0 Å². The van der Waals surface area contributed by atoms with E-state index < -0.39 is 23.8 Å². The van der Waals surface area contributed by atoms with Crippen molar-refractivity contribution in [2.45, 2.75) is 31.2 Å². The first kappa shape index (κ1) is 22.2. The van der Waals surface area contributed by atoms with Gasteiger partial charge in [0.25, 0.3) is 0 Å². The summed E-state index contributed by atoms with van der Waals surface area (Å²) in [4.78, 5) is 13.2. The van der Waals surface area contributed by atoms with Gasteiger partial charge in [-0.15, -0.1) is 0 Å². The minimum Gasteiger partial charge on any atom is -0.507 e. The fourth-order valence-electron chi connectivity index (χ4n) is 3.97. The lowest BCUT2D eigenvalue weighted by Gasteiger charge is -2.28. The molecule has 0 heterocycles.